The van der Waals surface area contributed by atoms with E-state index >= 15 is 0 Å². The van der Waals surface area contributed by atoms with Gasteiger partial charge in [0.05, 0.1) is 17.9 Å². The molecule has 0 spiro atoms. The van der Waals surface area contributed by atoms with Crippen LogP contribution < -0.4 is 10.5 Å². The van der Waals surface area contributed by atoms with Gasteiger partial charge in [0.2, 0.25) is 0 Å². The Morgan fingerprint density at radius 2 is 1.73 bits per heavy atom. The molecule has 0 saturated carbocycles. The van der Waals surface area contributed by atoms with Crippen LogP contribution in [0.25, 0.3) is 0 Å². The maximum Gasteiger partial charge on any atom is 0.250 e. The molecule has 1 amide bonds. The molecular formula is C20H17N4O3S3-. The van der Waals surface area contributed by atoms with Crippen molar-refractivity contribution >= 4 is 53.0 Å². The number of thioether (sulfide) groups is 2. The Kier molecular flexibility index (Phi) is 8.00. The minimum absolute atomic E-state index is 0.0843. The van der Waals surface area contributed by atoms with Gasteiger partial charge in [-0.15, -0.1) is 10.2 Å². The fraction of sp³-hybridized carbons (Fsp3) is 0.150. The van der Waals surface area contributed by atoms with E-state index in [0.29, 0.717) is 5.56 Å². The van der Waals surface area contributed by atoms with Gasteiger partial charge < -0.3 is 9.90 Å². The second kappa shape index (κ2) is 10.9. The highest BCUT2D eigenvalue weighted by atomic mass is 32.2. The number of amides is 1. The maximum atomic E-state index is 11.9. The molecule has 3 aromatic rings. The lowest BCUT2D eigenvalue weighted by atomic mass is 10.1. The van der Waals surface area contributed by atoms with Gasteiger partial charge in [0.25, 0.3) is 5.91 Å². The van der Waals surface area contributed by atoms with Crippen LogP contribution in [0.1, 0.15) is 27.0 Å². The Hall–Kier alpha value is -2.69. The third-order valence-corrected chi connectivity index (χ3v) is 7.01. The van der Waals surface area contributed by atoms with E-state index in [2.05, 4.69) is 51.9 Å². The summed E-state index contributed by atoms with van der Waals surface area (Å²) in [6, 6.07) is 14.3. The predicted octanol–water partition coefficient (Wildman–Crippen LogP) is 2.74. The number of aromatic nitrogens is 2. The monoisotopic (exact) mass is 457 g/mol. The maximum absolute atomic E-state index is 11.9. The second-order valence-electron chi connectivity index (χ2n) is 6.10. The molecule has 0 fully saturated rings. The average molecular weight is 458 g/mol. The number of aryl methyl sites for hydroxylation is 1. The largest absolute Gasteiger partial charge is 0.545 e. The number of benzene rings is 2. The van der Waals surface area contributed by atoms with Crippen molar-refractivity contribution in [3.05, 3.63) is 70.8 Å². The molecular weight excluding hydrogens is 440 g/mol. The van der Waals surface area contributed by atoms with Crippen LogP contribution in [-0.2, 0) is 10.5 Å². The Morgan fingerprint density at radius 1 is 1.07 bits per heavy atom. The molecule has 0 saturated heterocycles. The Balaban J connectivity index is 1.40. The molecule has 0 aliphatic heterocycles. The number of hydrogen-bond donors (Lipinski definition) is 1. The van der Waals surface area contributed by atoms with Crippen molar-refractivity contribution in [1.82, 2.24) is 15.6 Å². The van der Waals surface area contributed by atoms with E-state index in [1.54, 1.807) is 23.9 Å². The Bertz CT molecular complexity index is 1030. The van der Waals surface area contributed by atoms with Crippen LogP contribution in [0.15, 0.2) is 62.3 Å². The molecule has 1 aromatic heterocycles. The minimum atomic E-state index is -1.24. The van der Waals surface area contributed by atoms with Crippen LogP contribution in [0.5, 0.6) is 0 Å². The first-order valence-electron chi connectivity index (χ1n) is 8.77. The average Bonchev–Trinajstić information content (AvgIpc) is 3.20. The second-order valence-corrected chi connectivity index (χ2v) is 9.52. The number of nitrogens with zero attached hydrogens (tertiary/aromatic N) is 3. The van der Waals surface area contributed by atoms with Gasteiger partial charge in [-0.3, -0.25) is 4.79 Å². The number of carboxylic acid groups (broad SMARTS) is 1. The van der Waals surface area contributed by atoms with Crippen molar-refractivity contribution in [2.24, 2.45) is 5.10 Å². The summed E-state index contributed by atoms with van der Waals surface area (Å²) in [4.78, 5) is 22.6. The lowest BCUT2D eigenvalue weighted by Gasteiger charge is -2.01. The summed E-state index contributed by atoms with van der Waals surface area (Å²) < 4.78 is 1.58. The summed E-state index contributed by atoms with van der Waals surface area (Å²) >= 11 is 4.37. The van der Waals surface area contributed by atoms with E-state index < -0.39 is 5.97 Å². The summed E-state index contributed by atoms with van der Waals surface area (Å²) in [7, 11) is 0. The summed E-state index contributed by atoms with van der Waals surface area (Å²) in [6.45, 7) is 2.06. The zero-order valence-electron chi connectivity index (χ0n) is 15.9. The standard InChI is InChI=1S/C20H18N4O3S3/c1-13-2-4-15(5-3-13)11-28-19-23-24-20(30-19)29-12-17(25)22-21-10-14-6-8-16(9-7-14)18(26)27/h2-10H,11-12H2,1H3,(H,22,25)(H,26,27)/p-1/b21-10-. The number of hydrazone groups is 1. The molecule has 30 heavy (non-hydrogen) atoms. The van der Waals surface area contributed by atoms with Gasteiger partial charge in [0, 0.05) is 5.75 Å². The molecule has 10 heteroatoms. The van der Waals surface area contributed by atoms with Gasteiger partial charge in [0.1, 0.15) is 0 Å². The fourth-order valence-electron chi connectivity index (χ4n) is 2.19. The van der Waals surface area contributed by atoms with E-state index in [4.69, 9.17) is 0 Å². The zero-order valence-corrected chi connectivity index (χ0v) is 18.4. The van der Waals surface area contributed by atoms with Crippen molar-refractivity contribution in [2.45, 2.75) is 21.4 Å². The molecule has 0 atom stereocenters. The van der Waals surface area contributed by atoms with Crippen LogP contribution in [-0.4, -0.2) is 34.0 Å². The topological polar surface area (TPSA) is 107 Å². The lowest BCUT2D eigenvalue weighted by molar-refractivity contribution is -0.255. The van der Waals surface area contributed by atoms with E-state index in [0.717, 1.165) is 14.4 Å². The summed E-state index contributed by atoms with van der Waals surface area (Å²) in [5.41, 5.74) is 5.63. The van der Waals surface area contributed by atoms with Crippen LogP contribution in [0.2, 0.25) is 0 Å². The summed E-state index contributed by atoms with van der Waals surface area (Å²) in [5, 5.41) is 22.8. The molecule has 3 rings (SSSR count). The molecule has 0 bridgehead atoms. The van der Waals surface area contributed by atoms with Gasteiger partial charge in [-0.2, -0.15) is 5.10 Å². The van der Waals surface area contributed by atoms with Crippen LogP contribution in [0.4, 0.5) is 0 Å². The molecule has 0 aliphatic carbocycles. The quantitative estimate of drug-likeness (QED) is 0.299. The first-order valence-corrected chi connectivity index (χ1v) is 11.6. The summed E-state index contributed by atoms with van der Waals surface area (Å²) in [6.07, 6.45) is 1.44. The Labute approximate surface area is 186 Å². The van der Waals surface area contributed by atoms with Crippen molar-refractivity contribution in [2.75, 3.05) is 5.75 Å². The van der Waals surface area contributed by atoms with E-state index in [1.165, 1.54) is 52.6 Å². The molecule has 0 unspecified atom stereocenters. The minimum Gasteiger partial charge on any atom is -0.545 e. The number of carbonyl (C=O) groups excluding carboxylic acids is 2. The zero-order chi connectivity index (χ0) is 21.3. The molecule has 0 aliphatic rings. The SMILES string of the molecule is Cc1ccc(CSc2nnc(SCC(=O)N/N=C\c3ccc(C(=O)[O-])cc3)s2)cc1. The molecule has 0 radical (unpaired) electrons. The highest BCUT2D eigenvalue weighted by molar-refractivity contribution is 8.03. The molecule has 154 valence electrons. The molecule has 1 heterocycles. The van der Waals surface area contributed by atoms with Crippen LogP contribution in [0.3, 0.4) is 0 Å². The highest BCUT2D eigenvalue weighted by Crippen LogP contribution is 2.30. The third kappa shape index (κ3) is 6.97. The first kappa shape index (κ1) is 22.0. The van der Waals surface area contributed by atoms with E-state index in [1.807, 2.05) is 0 Å². The van der Waals surface area contributed by atoms with Gasteiger partial charge in [-0.25, -0.2) is 5.43 Å². The number of aromatic carboxylic acids is 1. The van der Waals surface area contributed by atoms with Gasteiger partial charge >= 0.3 is 0 Å². The number of rotatable bonds is 9. The van der Waals surface area contributed by atoms with Crippen LogP contribution in [0, 0.1) is 6.92 Å². The van der Waals surface area contributed by atoms with Crippen molar-refractivity contribution in [1.29, 1.82) is 0 Å². The number of carboxylic acids is 1. The normalized spacial score (nSPS) is 11.0. The predicted molar refractivity (Wildman–Crippen MR) is 118 cm³/mol. The molecule has 2 aromatic carbocycles. The van der Waals surface area contributed by atoms with Crippen LogP contribution >= 0.6 is 34.9 Å². The van der Waals surface area contributed by atoms with Crippen molar-refractivity contribution in [3.63, 3.8) is 0 Å². The van der Waals surface area contributed by atoms with Gasteiger partial charge in [-0.1, -0.05) is 89.0 Å². The van der Waals surface area contributed by atoms with E-state index in [-0.39, 0.29) is 17.2 Å². The lowest BCUT2D eigenvalue weighted by Crippen LogP contribution is -2.22. The number of hydrogen-bond acceptors (Lipinski definition) is 9. The highest BCUT2D eigenvalue weighted by Gasteiger charge is 2.08. The molecule has 7 nitrogen and oxygen atoms in total. The number of nitrogens with one attached hydrogen (secondary N) is 1. The fourth-order valence-corrected chi connectivity index (χ4v) is 4.96. The van der Waals surface area contributed by atoms with E-state index in [9.17, 15) is 14.7 Å². The van der Waals surface area contributed by atoms with Crippen molar-refractivity contribution in [3.8, 4) is 0 Å². The smallest absolute Gasteiger partial charge is 0.250 e. The van der Waals surface area contributed by atoms with Gasteiger partial charge in [0.15, 0.2) is 8.68 Å². The third-order valence-electron chi connectivity index (χ3n) is 3.75. The summed E-state index contributed by atoms with van der Waals surface area (Å²) in [5.74, 6) is -0.527. The first-order chi connectivity index (χ1) is 14.5. The van der Waals surface area contributed by atoms with Crippen molar-refractivity contribution < 1.29 is 14.7 Å². The number of carbonyl (C=O) groups is 2. The molecule has 1 N–H and O–H groups in total. The Morgan fingerprint density at radius 3 is 2.40 bits per heavy atom. The van der Waals surface area contributed by atoms with Gasteiger partial charge in [-0.05, 0) is 23.6 Å².